The van der Waals surface area contributed by atoms with E-state index in [4.69, 9.17) is 0 Å². The molecule has 2 heterocycles. The van der Waals surface area contributed by atoms with Gasteiger partial charge < -0.3 is 10.2 Å². The smallest absolute Gasteiger partial charge is 0.0456 e. The molecule has 0 aliphatic carbocycles. The van der Waals surface area contributed by atoms with Gasteiger partial charge in [-0.1, -0.05) is 12.1 Å². The molecular weight excluding hydrogens is 172 g/mol. The number of nitrogens with one attached hydrogen (secondary N) is 1. The second kappa shape index (κ2) is 2.99. The maximum atomic E-state index is 3.46. The van der Waals surface area contributed by atoms with Crippen LogP contribution in [-0.2, 0) is 6.42 Å². The van der Waals surface area contributed by atoms with Gasteiger partial charge in [0.15, 0.2) is 0 Å². The van der Waals surface area contributed by atoms with E-state index in [1.54, 1.807) is 0 Å². The first-order valence-corrected chi connectivity index (χ1v) is 5.41. The van der Waals surface area contributed by atoms with E-state index >= 15 is 0 Å². The van der Waals surface area contributed by atoms with E-state index in [9.17, 15) is 0 Å². The van der Waals surface area contributed by atoms with Crippen LogP contribution < -0.4 is 10.2 Å². The third kappa shape index (κ3) is 1.14. The number of hydrogen-bond donors (Lipinski definition) is 1. The summed E-state index contributed by atoms with van der Waals surface area (Å²) in [5, 5.41) is 3.46. The monoisotopic (exact) mass is 188 g/mol. The summed E-state index contributed by atoms with van der Waals surface area (Å²) in [5.74, 6) is 0. The Kier molecular flexibility index (Phi) is 1.77. The van der Waals surface area contributed by atoms with Crippen LogP contribution >= 0.6 is 0 Å². The molecule has 14 heavy (non-hydrogen) atoms. The molecule has 0 spiro atoms. The summed E-state index contributed by atoms with van der Waals surface area (Å²) >= 11 is 0. The molecule has 0 amide bonds. The largest absolute Gasteiger partial charge is 0.365 e. The summed E-state index contributed by atoms with van der Waals surface area (Å²) in [6.45, 7) is 5.62. The van der Waals surface area contributed by atoms with Crippen molar-refractivity contribution in [2.24, 2.45) is 0 Å². The molecule has 1 N–H and O–H groups in total. The molecule has 0 radical (unpaired) electrons. The number of nitrogens with zero attached hydrogens (tertiary/aromatic N) is 1. The second-order valence-electron chi connectivity index (χ2n) is 4.39. The zero-order valence-electron chi connectivity index (χ0n) is 8.59. The molecule has 0 aromatic heterocycles. The number of rotatable bonds is 0. The lowest BCUT2D eigenvalue weighted by Crippen LogP contribution is -2.49. The van der Waals surface area contributed by atoms with Gasteiger partial charge in [-0.3, -0.25) is 0 Å². The number of fused-ring (bicyclic) bond motifs is 3. The Balaban J connectivity index is 2.02. The van der Waals surface area contributed by atoms with Gasteiger partial charge in [0.25, 0.3) is 0 Å². The topological polar surface area (TPSA) is 15.3 Å². The highest BCUT2D eigenvalue weighted by atomic mass is 15.2. The summed E-state index contributed by atoms with van der Waals surface area (Å²) < 4.78 is 0. The molecule has 1 aromatic rings. The van der Waals surface area contributed by atoms with Crippen LogP contribution in [0.1, 0.15) is 11.1 Å². The average molecular weight is 188 g/mol. The van der Waals surface area contributed by atoms with Crippen molar-refractivity contribution in [3.05, 3.63) is 29.3 Å². The molecule has 1 fully saturated rings. The van der Waals surface area contributed by atoms with Crippen LogP contribution in [0, 0.1) is 6.92 Å². The molecule has 1 unspecified atom stereocenters. The maximum Gasteiger partial charge on any atom is 0.0456 e. The van der Waals surface area contributed by atoms with Crippen LogP contribution in [0.25, 0.3) is 0 Å². The number of hydrogen-bond acceptors (Lipinski definition) is 2. The van der Waals surface area contributed by atoms with Gasteiger partial charge in [0.2, 0.25) is 0 Å². The summed E-state index contributed by atoms with van der Waals surface area (Å²) in [6.07, 6.45) is 1.22. The Morgan fingerprint density at radius 2 is 2.36 bits per heavy atom. The van der Waals surface area contributed by atoms with Crippen LogP contribution in [0.4, 0.5) is 5.69 Å². The van der Waals surface area contributed by atoms with Crippen molar-refractivity contribution in [3.63, 3.8) is 0 Å². The fraction of sp³-hybridized carbons (Fsp3) is 0.500. The van der Waals surface area contributed by atoms with Crippen molar-refractivity contribution in [2.75, 3.05) is 24.5 Å². The van der Waals surface area contributed by atoms with Gasteiger partial charge in [-0.05, 0) is 30.5 Å². The fourth-order valence-corrected chi connectivity index (χ4v) is 2.63. The predicted molar refractivity (Wildman–Crippen MR) is 58.9 cm³/mol. The summed E-state index contributed by atoms with van der Waals surface area (Å²) in [4.78, 5) is 2.57. The molecule has 1 saturated heterocycles. The maximum absolute atomic E-state index is 3.46. The number of anilines is 1. The van der Waals surface area contributed by atoms with E-state index in [0.717, 1.165) is 13.1 Å². The summed E-state index contributed by atoms with van der Waals surface area (Å²) in [6, 6.07) is 7.56. The Labute approximate surface area is 84.9 Å². The highest BCUT2D eigenvalue weighted by molar-refractivity contribution is 5.61. The van der Waals surface area contributed by atoms with Crippen LogP contribution in [0.2, 0.25) is 0 Å². The lowest BCUT2D eigenvalue weighted by Gasteiger charge is -2.32. The highest BCUT2D eigenvalue weighted by Crippen LogP contribution is 2.33. The van der Waals surface area contributed by atoms with Crippen molar-refractivity contribution in [1.29, 1.82) is 0 Å². The van der Waals surface area contributed by atoms with Crippen molar-refractivity contribution < 1.29 is 0 Å². The minimum atomic E-state index is 0.709. The van der Waals surface area contributed by atoms with Gasteiger partial charge >= 0.3 is 0 Å². The quantitative estimate of drug-likeness (QED) is 0.660. The van der Waals surface area contributed by atoms with Crippen molar-refractivity contribution in [2.45, 2.75) is 19.4 Å². The van der Waals surface area contributed by atoms with Gasteiger partial charge in [0.1, 0.15) is 0 Å². The molecule has 2 aliphatic heterocycles. The third-order valence-corrected chi connectivity index (χ3v) is 3.36. The molecule has 1 aromatic carbocycles. The number of aryl methyl sites for hydroxylation is 1. The van der Waals surface area contributed by atoms with E-state index in [1.807, 2.05) is 0 Å². The van der Waals surface area contributed by atoms with Crippen LogP contribution in [0.5, 0.6) is 0 Å². The Morgan fingerprint density at radius 1 is 1.43 bits per heavy atom. The number of benzene rings is 1. The van der Waals surface area contributed by atoms with Gasteiger partial charge in [-0.25, -0.2) is 0 Å². The summed E-state index contributed by atoms with van der Waals surface area (Å²) in [7, 11) is 0. The van der Waals surface area contributed by atoms with Gasteiger partial charge in [-0.15, -0.1) is 0 Å². The molecule has 2 nitrogen and oxygen atoms in total. The third-order valence-electron chi connectivity index (χ3n) is 3.36. The van der Waals surface area contributed by atoms with E-state index in [1.165, 1.54) is 29.8 Å². The zero-order chi connectivity index (χ0) is 9.54. The first-order valence-electron chi connectivity index (χ1n) is 5.41. The Bertz CT molecular complexity index is 359. The van der Waals surface area contributed by atoms with Gasteiger partial charge in [0.05, 0.1) is 0 Å². The van der Waals surface area contributed by atoms with E-state index in [0.29, 0.717) is 6.04 Å². The molecule has 74 valence electrons. The molecule has 1 atom stereocenters. The van der Waals surface area contributed by atoms with Crippen LogP contribution in [-0.4, -0.2) is 25.7 Å². The molecule has 2 aliphatic rings. The number of piperazine rings is 1. The van der Waals surface area contributed by atoms with Crippen molar-refractivity contribution >= 4 is 5.69 Å². The lowest BCUT2D eigenvalue weighted by molar-refractivity contribution is 0.495. The Morgan fingerprint density at radius 3 is 3.29 bits per heavy atom. The molecule has 3 rings (SSSR count). The van der Waals surface area contributed by atoms with E-state index in [2.05, 4.69) is 35.3 Å². The van der Waals surface area contributed by atoms with E-state index in [-0.39, 0.29) is 0 Å². The average Bonchev–Trinajstić information content (AvgIpc) is 2.56. The highest BCUT2D eigenvalue weighted by Gasteiger charge is 2.30. The van der Waals surface area contributed by atoms with Crippen LogP contribution in [0.3, 0.4) is 0 Å². The van der Waals surface area contributed by atoms with Crippen molar-refractivity contribution in [3.8, 4) is 0 Å². The predicted octanol–water partition coefficient (Wildman–Crippen LogP) is 1.33. The first-order chi connectivity index (χ1) is 6.84. The molecule has 0 bridgehead atoms. The van der Waals surface area contributed by atoms with Gasteiger partial charge in [-0.2, -0.15) is 0 Å². The minimum absolute atomic E-state index is 0.709. The standard InChI is InChI=1S/C12H16N2/c1-9-2-3-10-7-11-8-13-4-5-14(11)12(10)6-9/h2-3,6,11,13H,4-5,7-8H2,1H3. The normalized spacial score (nSPS) is 24.6. The Hall–Kier alpha value is -1.02. The second-order valence-corrected chi connectivity index (χ2v) is 4.39. The van der Waals surface area contributed by atoms with Crippen LogP contribution in [0.15, 0.2) is 18.2 Å². The molecule has 0 saturated carbocycles. The summed E-state index contributed by atoms with van der Waals surface area (Å²) in [5.41, 5.74) is 4.39. The first kappa shape index (κ1) is 8.30. The van der Waals surface area contributed by atoms with E-state index < -0.39 is 0 Å². The molecular formula is C12H16N2. The molecule has 2 heteroatoms. The zero-order valence-corrected chi connectivity index (χ0v) is 8.59. The fourth-order valence-electron chi connectivity index (χ4n) is 2.63. The van der Waals surface area contributed by atoms with Crippen molar-refractivity contribution in [1.82, 2.24) is 5.32 Å². The minimum Gasteiger partial charge on any atom is -0.365 e. The van der Waals surface area contributed by atoms with Gasteiger partial charge in [0, 0.05) is 31.4 Å². The SMILES string of the molecule is Cc1ccc2c(c1)N1CCNCC1C2. The lowest BCUT2D eigenvalue weighted by atomic mass is 10.1.